The van der Waals surface area contributed by atoms with Crippen molar-refractivity contribution in [2.24, 2.45) is 0 Å². The Balaban J connectivity index is 0.00000216. The molecule has 8 nitrogen and oxygen atoms in total. The van der Waals surface area contributed by atoms with Crippen LogP contribution in [-0.4, -0.2) is 54.8 Å². The number of piperazine rings is 1. The number of aromatic nitrogens is 1. The second-order valence-electron chi connectivity index (χ2n) is 7.84. The van der Waals surface area contributed by atoms with Crippen molar-refractivity contribution >= 4 is 77.2 Å². The minimum Gasteiger partial charge on any atom is -0.492 e. The summed E-state index contributed by atoms with van der Waals surface area (Å²) in [6.07, 6.45) is 0.349. The van der Waals surface area contributed by atoms with Crippen molar-refractivity contribution < 1.29 is 19.4 Å². The number of para-hydroxylation sites is 2. The number of carbonyl (C=O) groups is 2. The summed E-state index contributed by atoms with van der Waals surface area (Å²) >= 11 is 0. The van der Waals surface area contributed by atoms with E-state index in [4.69, 9.17) is 9.72 Å². The lowest BCUT2D eigenvalue weighted by Crippen LogP contribution is -2.47. The highest BCUT2D eigenvalue weighted by Gasteiger charge is 2.22. The number of benzene rings is 2. The molecule has 0 saturated carbocycles. The first-order valence-corrected chi connectivity index (χ1v) is 11.2. The first-order chi connectivity index (χ1) is 16.0. The quantitative estimate of drug-likeness (QED) is 0.408. The normalized spacial score (nSPS) is 12.6. The Kier molecular flexibility index (Phi) is 12.1. The summed E-state index contributed by atoms with van der Waals surface area (Å²) in [5.41, 5.74) is 2.39. The predicted octanol–water partition coefficient (Wildman–Crippen LogP) is 5.27. The van der Waals surface area contributed by atoms with Gasteiger partial charge in [-0.1, -0.05) is 19.1 Å². The third kappa shape index (κ3) is 6.84. The van der Waals surface area contributed by atoms with Crippen LogP contribution in [-0.2, 0) is 4.79 Å². The van der Waals surface area contributed by atoms with E-state index in [0.29, 0.717) is 48.5 Å². The molecule has 0 spiro atoms. The highest BCUT2D eigenvalue weighted by atomic mass is 35.5. The average Bonchev–Trinajstić information content (AvgIpc) is 2.84. The molecule has 1 aliphatic rings. The van der Waals surface area contributed by atoms with Gasteiger partial charge in [0.05, 0.1) is 23.4 Å². The first kappa shape index (κ1) is 31.1. The van der Waals surface area contributed by atoms with Gasteiger partial charge in [0.2, 0.25) is 5.91 Å². The van der Waals surface area contributed by atoms with Crippen LogP contribution in [0.25, 0.3) is 10.9 Å². The number of nitrogens with one attached hydrogen (secondary N) is 1. The van der Waals surface area contributed by atoms with Crippen molar-refractivity contribution in [2.45, 2.75) is 20.3 Å². The van der Waals surface area contributed by atoms with Gasteiger partial charge in [-0.05, 0) is 43.3 Å². The number of carboxylic acid groups (broad SMARTS) is 1. The van der Waals surface area contributed by atoms with E-state index < -0.39 is 5.97 Å². The molecule has 1 aromatic heterocycles. The lowest BCUT2D eigenvalue weighted by molar-refractivity contribution is -0.115. The Hall–Kier alpha value is -2.94. The fourth-order valence-electron chi connectivity index (χ4n) is 4.05. The molecule has 0 bridgehead atoms. The largest absolute Gasteiger partial charge is 0.492 e. The minimum atomic E-state index is -1.02. The highest BCUT2D eigenvalue weighted by molar-refractivity contribution is 6.05. The number of anilines is 3. The Morgan fingerprint density at radius 2 is 1.64 bits per heavy atom. The number of halogens is 3. The molecule has 0 radical (unpaired) electrons. The number of carbonyl (C=O) groups excluding carboxylic acids is 1. The SMILES string of the molecule is CCOc1ccccc1N1CCN(c2cc(C(=O)O)c3cc(NC(=O)CC)ccc3n2)CC1.Cl.Cl.Cl. The average molecular weight is 558 g/mol. The fraction of sp³-hybridized carbons (Fsp3) is 0.320. The molecule has 3 aromatic rings. The summed E-state index contributed by atoms with van der Waals surface area (Å²) in [6, 6.07) is 14.8. The smallest absolute Gasteiger partial charge is 0.336 e. The second-order valence-corrected chi connectivity index (χ2v) is 7.84. The van der Waals surface area contributed by atoms with Crippen LogP contribution < -0.4 is 19.9 Å². The van der Waals surface area contributed by atoms with Gasteiger partial charge in [0.15, 0.2) is 0 Å². The number of amides is 1. The standard InChI is InChI=1S/C25H28N4O4.3ClH/c1-3-24(30)26-17-9-10-20-18(15-17)19(25(31)32)16-23(27-20)29-13-11-28(12-14-29)21-7-5-6-8-22(21)33-4-2;;;/h5-10,15-16H,3-4,11-14H2,1-2H3,(H,26,30)(H,31,32);3*1H. The van der Waals surface area contributed by atoms with Gasteiger partial charge in [-0.3, -0.25) is 4.79 Å². The predicted molar refractivity (Wildman–Crippen MR) is 151 cm³/mol. The zero-order chi connectivity index (χ0) is 23.4. The van der Waals surface area contributed by atoms with Gasteiger partial charge in [-0.25, -0.2) is 9.78 Å². The monoisotopic (exact) mass is 556 g/mol. The van der Waals surface area contributed by atoms with Crippen LogP contribution in [0.3, 0.4) is 0 Å². The third-order valence-electron chi connectivity index (χ3n) is 5.74. The number of fused-ring (bicyclic) bond motifs is 1. The molecule has 1 aliphatic heterocycles. The van der Waals surface area contributed by atoms with Crippen molar-refractivity contribution in [3.63, 3.8) is 0 Å². The van der Waals surface area contributed by atoms with E-state index in [1.807, 2.05) is 25.1 Å². The van der Waals surface area contributed by atoms with E-state index in [1.165, 1.54) is 0 Å². The van der Waals surface area contributed by atoms with E-state index in [2.05, 4.69) is 21.2 Å². The van der Waals surface area contributed by atoms with E-state index in [9.17, 15) is 14.7 Å². The van der Waals surface area contributed by atoms with Crippen LogP contribution in [0.4, 0.5) is 17.2 Å². The van der Waals surface area contributed by atoms with Gasteiger partial charge in [-0.2, -0.15) is 0 Å². The number of hydrogen-bond acceptors (Lipinski definition) is 6. The zero-order valence-corrected chi connectivity index (χ0v) is 22.5. The van der Waals surface area contributed by atoms with Crippen LogP contribution in [0.1, 0.15) is 30.6 Å². The van der Waals surface area contributed by atoms with E-state index >= 15 is 0 Å². The Bertz CT molecular complexity index is 1190. The molecule has 4 rings (SSSR count). The maximum atomic E-state index is 12.0. The number of ether oxygens (including phenoxy) is 1. The van der Waals surface area contributed by atoms with Crippen LogP contribution in [0.5, 0.6) is 5.75 Å². The highest BCUT2D eigenvalue weighted by Crippen LogP contribution is 2.31. The lowest BCUT2D eigenvalue weighted by atomic mass is 10.1. The molecule has 36 heavy (non-hydrogen) atoms. The van der Waals surface area contributed by atoms with Gasteiger partial charge in [-0.15, -0.1) is 37.2 Å². The molecular formula is C25H31Cl3N4O4. The molecule has 1 fully saturated rings. The number of rotatable bonds is 7. The van der Waals surface area contributed by atoms with Crippen molar-refractivity contribution in [3.8, 4) is 5.75 Å². The molecule has 0 unspecified atom stereocenters. The Labute approximate surface area is 229 Å². The Morgan fingerprint density at radius 1 is 0.972 bits per heavy atom. The summed E-state index contributed by atoms with van der Waals surface area (Å²) in [5.74, 6) is 0.367. The van der Waals surface area contributed by atoms with Crippen LogP contribution in [0.2, 0.25) is 0 Å². The maximum Gasteiger partial charge on any atom is 0.336 e. The molecule has 0 atom stereocenters. The maximum absolute atomic E-state index is 12.0. The van der Waals surface area contributed by atoms with Gasteiger partial charge in [0, 0.05) is 43.7 Å². The first-order valence-electron chi connectivity index (χ1n) is 11.2. The van der Waals surface area contributed by atoms with E-state index in [1.54, 1.807) is 31.2 Å². The van der Waals surface area contributed by atoms with Crippen molar-refractivity contribution in [1.29, 1.82) is 0 Å². The number of nitrogens with zero attached hydrogens (tertiary/aromatic N) is 3. The van der Waals surface area contributed by atoms with Gasteiger partial charge < -0.3 is 25.0 Å². The molecule has 11 heteroatoms. The molecule has 2 heterocycles. The molecule has 196 valence electrons. The summed E-state index contributed by atoms with van der Waals surface area (Å²) in [4.78, 5) is 32.9. The van der Waals surface area contributed by atoms with Gasteiger partial charge in [0.1, 0.15) is 11.6 Å². The molecule has 2 aromatic carbocycles. The van der Waals surface area contributed by atoms with Gasteiger partial charge in [0.25, 0.3) is 0 Å². The molecule has 1 amide bonds. The topological polar surface area (TPSA) is 95.0 Å². The van der Waals surface area contributed by atoms with Crippen molar-refractivity contribution in [3.05, 3.63) is 54.1 Å². The zero-order valence-electron chi connectivity index (χ0n) is 20.1. The van der Waals surface area contributed by atoms with Gasteiger partial charge >= 0.3 is 5.97 Å². The van der Waals surface area contributed by atoms with Crippen molar-refractivity contribution in [1.82, 2.24) is 4.98 Å². The minimum absolute atomic E-state index is 0. The Morgan fingerprint density at radius 3 is 2.28 bits per heavy atom. The summed E-state index contributed by atoms with van der Waals surface area (Å²) < 4.78 is 5.77. The summed E-state index contributed by atoms with van der Waals surface area (Å²) in [5, 5.41) is 13.1. The van der Waals surface area contributed by atoms with E-state index in [-0.39, 0.29) is 48.7 Å². The number of carboxylic acids is 1. The van der Waals surface area contributed by atoms with Crippen LogP contribution >= 0.6 is 37.2 Å². The van der Waals surface area contributed by atoms with Crippen LogP contribution in [0, 0.1) is 0 Å². The fourth-order valence-corrected chi connectivity index (χ4v) is 4.05. The number of hydrogen-bond donors (Lipinski definition) is 2. The number of aromatic carboxylic acids is 1. The molecule has 0 aliphatic carbocycles. The number of pyridine rings is 1. The molecule has 1 saturated heterocycles. The molecular weight excluding hydrogens is 527 g/mol. The second kappa shape index (κ2) is 14.0. The summed E-state index contributed by atoms with van der Waals surface area (Å²) in [6.45, 7) is 7.32. The third-order valence-corrected chi connectivity index (χ3v) is 5.74. The van der Waals surface area contributed by atoms with Crippen LogP contribution in [0.15, 0.2) is 48.5 Å². The molecule has 2 N–H and O–H groups in total. The van der Waals surface area contributed by atoms with Crippen molar-refractivity contribution in [2.75, 3.05) is 47.9 Å². The lowest BCUT2D eigenvalue weighted by Gasteiger charge is -2.37. The van der Waals surface area contributed by atoms with E-state index in [0.717, 1.165) is 24.5 Å². The summed E-state index contributed by atoms with van der Waals surface area (Å²) in [7, 11) is 0.